The van der Waals surface area contributed by atoms with Gasteiger partial charge in [-0.15, -0.1) is 0 Å². The van der Waals surface area contributed by atoms with Crippen molar-refractivity contribution in [1.29, 1.82) is 0 Å². The van der Waals surface area contributed by atoms with Gasteiger partial charge in [-0.25, -0.2) is 8.78 Å². The molecule has 0 fully saturated rings. The molecule has 1 amide bonds. The zero-order valence-electron chi connectivity index (χ0n) is 15.1. The van der Waals surface area contributed by atoms with E-state index in [1.54, 1.807) is 0 Å². The highest BCUT2D eigenvalue weighted by Crippen LogP contribution is 2.22. The lowest BCUT2D eigenvalue weighted by Gasteiger charge is -2.17. The van der Waals surface area contributed by atoms with Crippen molar-refractivity contribution in [2.45, 2.75) is 45.1 Å². The number of esters is 1. The first kappa shape index (κ1) is 19.0. The van der Waals surface area contributed by atoms with Crippen molar-refractivity contribution in [1.82, 2.24) is 0 Å². The average molecular weight is 373 g/mol. The Kier molecular flexibility index (Phi) is 5.84. The van der Waals surface area contributed by atoms with Crippen LogP contribution in [0.15, 0.2) is 36.4 Å². The highest BCUT2D eigenvalue weighted by Gasteiger charge is 2.20. The smallest absolute Gasteiger partial charge is 0.311 e. The van der Waals surface area contributed by atoms with Gasteiger partial charge in [-0.2, -0.15) is 0 Å². The molecular weight excluding hydrogens is 352 g/mol. The average Bonchev–Trinajstić information content (AvgIpc) is 2.63. The van der Waals surface area contributed by atoms with E-state index >= 15 is 0 Å². The van der Waals surface area contributed by atoms with E-state index in [9.17, 15) is 18.4 Å². The Hall–Kier alpha value is -2.76. The fraction of sp³-hybridized carbons (Fsp3) is 0.333. The molecule has 4 nitrogen and oxygen atoms in total. The monoisotopic (exact) mass is 373 g/mol. The number of amides is 1. The minimum absolute atomic E-state index is 0.0653. The van der Waals surface area contributed by atoms with Gasteiger partial charge in [0.2, 0.25) is 0 Å². The van der Waals surface area contributed by atoms with E-state index in [1.807, 2.05) is 18.2 Å². The Labute approximate surface area is 156 Å². The molecule has 0 aromatic heterocycles. The molecule has 0 radical (unpaired) electrons. The lowest BCUT2D eigenvalue weighted by atomic mass is 9.90. The summed E-state index contributed by atoms with van der Waals surface area (Å²) >= 11 is 0. The van der Waals surface area contributed by atoms with E-state index in [0.29, 0.717) is 6.07 Å². The molecule has 3 rings (SSSR count). The summed E-state index contributed by atoms with van der Waals surface area (Å²) in [6, 6.07) is 8.79. The van der Waals surface area contributed by atoms with Crippen molar-refractivity contribution in [3.05, 3.63) is 64.7 Å². The van der Waals surface area contributed by atoms with Gasteiger partial charge in [0.25, 0.3) is 5.91 Å². The summed E-state index contributed by atoms with van der Waals surface area (Å²) in [7, 11) is 0. The number of halogens is 2. The van der Waals surface area contributed by atoms with E-state index in [-0.39, 0.29) is 12.1 Å². The van der Waals surface area contributed by atoms with Crippen molar-refractivity contribution in [3.8, 4) is 0 Å². The van der Waals surface area contributed by atoms with Crippen LogP contribution in [0.5, 0.6) is 0 Å². The molecule has 0 bridgehead atoms. The number of ether oxygens (including phenoxy) is 1. The molecule has 1 aliphatic rings. The van der Waals surface area contributed by atoms with Crippen molar-refractivity contribution >= 4 is 17.6 Å². The first-order chi connectivity index (χ1) is 12.9. The predicted octanol–water partition coefficient (Wildman–Crippen LogP) is 3.96. The highest BCUT2D eigenvalue weighted by molar-refractivity contribution is 5.95. The molecule has 0 aliphatic heterocycles. The Balaban J connectivity index is 1.56. The largest absolute Gasteiger partial charge is 0.452 e. The van der Waals surface area contributed by atoms with E-state index < -0.39 is 29.6 Å². The topological polar surface area (TPSA) is 55.4 Å². The summed E-state index contributed by atoms with van der Waals surface area (Å²) in [5.74, 6) is -2.85. The molecule has 0 spiro atoms. The summed E-state index contributed by atoms with van der Waals surface area (Å²) in [6.45, 7) is 1.40. The molecule has 0 unspecified atom stereocenters. The summed E-state index contributed by atoms with van der Waals surface area (Å²) in [4.78, 5) is 24.2. The quantitative estimate of drug-likeness (QED) is 0.808. The van der Waals surface area contributed by atoms with Crippen LogP contribution in [0, 0.1) is 11.6 Å². The fourth-order valence-electron chi connectivity index (χ4n) is 3.18. The van der Waals surface area contributed by atoms with Crippen LogP contribution in [0.2, 0.25) is 0 Å². The van der Waals surface area contributed by atoms with Crippen LogP contribution in [0.1, 0.15) is 36.5 Å². The maximum absolute atomic E-state index is 13.6. The molecule has 0 saturated heterocycles. The number of hydrogen-bond donors (Lipinski definition) is 1. The van der Waals surface area contributed by atoms with Crippen molar-refractivity contribution < 1.29 is 23.1 Å². The molecule has 2 aromatic carbocycles. The fourth-order valence-corrected chi connectivity index (χ4v) is 3.18. The second-order valence-electron chi connectivity index (χ2n) is 6.73. The number of nitrogens with one attached hydrogen (secondary N) is 1. The van der Waals surface area contributed by atoms with Crippen LogP contribution in [-0.4, -0.2) is 18.0 Å². The van der Waals surface area contributed by atoms with Crippen molar-refractivity contribution in [2.24, 2.45) is 0 Å². The van der Waals surface area contributed by atoms with Crippen LogP contribution in [-0.2, 0) is 33.6 Å². The van der Waals surface area contributed by atoms with Gasteiger partial charge in [0.15, 0.2) is 6.10 Å². The predicted molar refractivity (Wildman–Crippen MR) is 97.3 cm³/mol. The Morgan fingerprint density at radius 3 is 2.56 bits per heavy atom. The molecule has 142 valence electrons. The third kappa shape index (κ3) is 4.90. The summed E-state index contributed by atoms with van der Waals surface area (Å²) in [5.41, 5.74) is 3.27. The van der Waals surface area contributed by atoms with Gasteiger partial charge in [0.05, 0.1) is 12.1 Å². The van der Waals surface area contributed by atoms with E-state index in [4.69, 9.17) is 4.74 Å². The Bertz CT molecular complexity index is 867. The van der Waals surface area contributed by atoms with Gasteiger partial charge < -0.3 is 10.1 Å². The first-order valence-electron chi connectivity index (χ1n) is 8.98. The van der Waals surface area contributed by atoms with Gasteiger partial charge in [-0.3, -0.25) is 9.59 Å². The van der Waals surface area contributed by atoms with Crippen LogP contribution < -0.4 is 5.32 Å². The van der Waals surface area contributed by atoms with Crippen LogP contribution in [0.25, 0.3) is 0 Å². The van der Waals surface area contributed by atoms with E-state index in [2.05, 4.69) is 5.32 Å². The number of carbonyl (C=O) groups excluding carboxylic acids is 2. The normalized spacial score (nSPS) is 14.2. The number of benzene rings is 2. The Morgan fingerprint density at radius 2 is 1.81 bits per heavy atom. The molecule has 1 atom stereocenters. The zero-order chi connectivity index (χ0) is 19.4. The van der Waals surface area contributed by atoms with Crippen LogP contribution in [0.4, 0.5) is 14.5 Å². The number of rotatable bonds is 5. The van der Waals surface area contributed by atoms with Crippen molar-refractivity contribution in [2.75, 3.05) is 5.32 Å². The molecular formula is C21H21F2NO3. The molecule has 2 aromatic rings. The SMILES string of the molecule is C[C@@H](OC(=O)Cc1ccc2c(c1)CCCC2)C(=O)Nc1ccc(F)cc1F. The second kappa shape index (κ2) is 8.29. The first-order valence-corrected chi connectivity index (χ1v) is 8.98. The Morgan fingerprint density at radius 1 is 1.07 bits per heavy atom. The van der Waals surface area contributed by atoms with Gasteiger partial charge in [-0.1, -0.05) is 18.2 Å². The molecule has 0 heterocycles. The molecule has 1 aliphatic carbocycles. The summed E-state index contributed by atoms with van der Waals surface area (Å²) < 4.78 is 31.7. The lowest BCUT2D eigenvalue weighted by molar-refractivity contribution is -0.152. The minimum Gasteiger partial charge on any atom is -0.452 e. The lowest BCUT2D eigenvalue weighted by Crippen LogP contribution is -2.30. The van der Waals surface area contributed by atoms with E-state index in [1.165, 1.54) is 24.5 Å². The van der Waals surface area contributed by atoms with Gasteiger partial charge in [-0.05, 0) is 61.4 Å². The molecule has 27 heavy (non-hydrogen) atoms. The third-order valence-electron chi connectivity index (χ3n) is 4.63. The van der Waals surface area contributed by atoms with Gasteiger partial charge in [0, 0.05) is 6.07 Å². The maximum atomic E-state index is 13.6. The maximum Gasteiger partial charge on any atom is 0.311 e. The zero-order valence-corrected chi connectivity index (χ0v) is 15.1. The number of fused-ring (bicyclic) bond motifs is 1. The molecule has 1 N–H and O–H groups in total. The number of carbonyl (C=O) groups is 2. The van der Waals surface area contributed by atoms with Crippen LogP contribution in [0.3, 0.4) is 0 Å². The second-order valence-corrected chi connectivity index (χ2v) is 6.73. The summed E-state index contributed by atoms with van der Waals surface area (Å²) in [6.07, 6.45) is 3.39. The minimum atomic E-state index is -1.10. The van der Waals surface area contributed by atoms with Crippen molar-refractivity contribution in [3.63, 3.8) is 0 Å². The standard InChI is InChI=1S/C21H21F2NO3/c1-13(21(26)24-19-9-8-17(22)12-18(19)23)27-20(25)11-14-6-7-15-4-2-3-5-16(15)10-14/h6-10,12-13H,2-5,11H2,1H3,(H,24,26)/t13-/m1/s1. The number of hydrogen-bond acceptors (Lipinski definition) is 3. The van der Waals surface area contributed by atoms with E-state index in [0.717, 1.165) is 37.0 Å². The third-order valence-corrected chi connectivity index (χ3v) is 4.63. The molecule has 6 heteroatoms. The van der Waals surface area contributed by atoms with Gasteiger partial charge >= 0.3 is 5.97 Å². The number of aryl methyl sites for hydroxylation is 2. The van der Waals surface area contributed by atoms with Crippen LogP contribution >= 0.6 is 0 Å². The molecule has 0 saturated carbocycles. The van der Waals surface area contributed by atoms with Gasteiger partial charge in [0.1, 0.15) is 11.6 Å². The highest BCUT2D eigenvalue weighted by atomic mass is 19.1. The number of anilines is 1. The summed E-state index contributed by atoms with van der Waals surface area (Å²) in [5, 5.41) is 2.29.